The molecule has 0 unspecified atom stereocenters. The zero-order valence-electron chi connectivity index (χ0n) is 16.1. The van der Waals surface area contributed by atoms with Crippen LogP contribution < -0.4 is 10.9 Å². The zero-order chi connectivity index (χ0) is 19.5. The van der Waals surface area contributed by atoms with Gasteiger partial charge >= 0.3 is 0 Å². The smallest absolute Gasteiger partial charge is 0.263 e. The lowest BCUT2D eigenvalue weighted by Crippen LogP contribution is -2.26. The van der Waals surface area contributed by atoms with Crippen LogP contribution in [0.3, 0.4) is 0 Å². The number of anilines is 1. The molecule has 0 atom stereocenters. The summed E-state index contributed by atoms with van der Waals surface area (Å²) >= 11 is 1.65. The van der Waals surface area contributed by atoms with Gasteiger partial charge in [0, 0.05) is 10.6 Å². The van der Waals surface area contributed by atoms with E-state index in [1.807, 2.05) is 0 Å². The predicted molar refractivity (Wildman–Crippen MR) is 114 cm³/mol. The van der Waals surface area contributed by atoms with Crippen LogP contribution in [-0.4, -0.2) is 9.55 Å². The maximum Gasteiger partial charge on any atom is 0.263 e. The standard InChI is InChI=1S/C22H24N4OS/c1-2-5-15-8-10-16(11-9-15)24-14-19-25-21-20(22(27)26(19)13-12-23)17-6-3-4-7-18(17)28-21/h8-11,24H,2-7,13-14H2,1H3. The molecule has 0 fully saturated rings. The fraction of sp³-hybridized carbons (Fsp3) is 0.409. The van der Waals surface area contributed by atoms with Crippen LogP contribution >= 0.6 is 11.3 Å². The quantitative estimate of drug-likeness (QED) is 0.674. The van der Waals surface area contributed by atoms with Crippen molar-refractivity contribution in [3.8, 4) is 6.07 Å². The number of nitrogens with one attached hydrogen (secondary N) is 1. The molecule has 2 aromatic heterocycles. The Kier molecular flexibility index (Phi) is 5.45. The maximum absolute atomic E-state index is 13.2. The molecule has 4 rings (SSSR count). The Bertz CT molecular complexity index is 1090. The van der Waals surface area contributed by atoms with E-state index in [4.69, 9.17) is 4.98 Å². The summed E-state index contributed by atoms with van der Waals surface area (Å²) in [7, 11) is 0. The van der Waals surface area contributed by atoms with Crippen LogP contribution in [0.4, 0.5) is 5.69 Å². The molecular weight excluding hydrogens is 368 g/mol. The van der Waals surface area contributed by atoms with E-state index >= 15 is 0 Å². The summed E-state index contributed by atoms with van der Waals surface area (Å²) < 4.78 is 1.53. The molecule has 6 heteroatoms. The highest BCUT2D eigenvalue weighted by Crippen LogP contribution is 2.33. The van der Waals surface area contributed by atoms with Crippen LogP contribution in [0.2, 0.25) is 0 Å². The molecule has 1 aliphatic carbocycles. The Hall–Kier alpha value is -2.65. The normalized spacial score (nSPS) is 13.3. The Morgan fingerprint density at radius 1 is 1.25 bits per heavy atom. The van der Waals surface area contributed by atoms with Crippen LogP contribution in [-0.2, 0) is 32.4 Å². The van der Waals surface area contributed by atoms with E-state index < -0.39 is 0 Å². The van der Waals surface area contributed by atoms with Crippen molar-refractivity contribution in [1.29, 1.82) is 5.26 Å². The molecule has 0 saturated carbocycles. The van der Waals surface area contributed by atoms with Crippen LogP contribution in [0, 0.1) is 11.3 Å². The van der Waals surface area contributed by atoms with E-state index in [1.165, 1.54) is 27.0 Å². The van der Waals surface area contributed by atoms with Crippen molar-refractivity contribution in [3.63, 3.8) is 0 Å². The lowest BCUT2D eigenvalue weighted by Gasteiger charge is -2.13. The lowest BCUT2D eigenvalue weighted by atomic mass is 9.97. The number of rotatable bonds is 6. The average Bonchev–Trinajstić information content (AvgIpc) is 3.09. The van der Waals surface area contributed by atoms with E-state index in [1.54, 1.807) is 11.3 Å². The Labute approximate surface area is 168 Å². The van der Waals surface area contributed by atoms with Gasteiger partial charge in [0.05, 0.1) is 18.0 Å². The SMILES string of the molecule is CCCc1ccc(NCc2nc3sc4c(c3c(=O)n2CC#N)CCCC4)cc1. The first-order valence-corrected chi connectivity index (χ1v) is 10.8. The van der Waals surface area contributed by atoms with Gasteiger partial charge in [-0.05, 0) is 55.4 Å². The fourth-order valence-electron chi connectivity index (χ4n) is 3.91. The number of hydrogen-bond acceptors (Lipinski definition) is 5. The Balaban J connectivity index is 1.66. The minimum atomic E-state index is -0.0685. The summed E-state index contributed by atoms with van der Waals surface area (Å²) in [4.78, 5) is 20.1. The highest BCUT2D eigenvalue weighted by Gasteiger charge is 2.21. The molecule has 0 amide bonds. The highest BCUT2D eigenvalue weighted by molar-refractivity contribution is 7.18. The van der Waals surface area contributed by atoms with Crippen molar-refractivity contribution in [3.05, 3.63) is 56.4 Å². The van der Waals surface area contributed by atoms with Crippen molar-refractivity contribution >= 4 is 27.2 Å². The number of fused-ring (bicyclic) bond motifs is 3. The molecule has 1 aliphatic rings. The summed E-state index contributed by atoms with van der Waals surface area (Å²) in [5.74, 6) is 0.621. The van der Waals surface area contributed by atoms with Gasteiger partial charge in [0.15, 0.2) is 0 Å². The second-order valence-electron chi connectivity index (χ2n) is 7.27. The summed E-state index contributed by atoms with van der Waals surface area (Å²) in [5.41, 5.74) is 3.41. The molecule has 28 heavy (non-hydrogen) atoms. The highest BCUT2D eigenvalue weighted by atomic mass is 32.1. The van der Waals surface area contributed by atoms with E-state index in [0.717, 1.165) is 48.0 Å². The number of hydrogen-bond donors (Lipinski definition) is 1. The summed E-state index contributed by atoms with van der Waals surface area (Å²) in [6, 6.07) is 10.5. The van der Waals surface area contributed by atoms with Crippen molar-refractivity contribution in [2.45, 2.75) is 58.5 Å². The molecule has 0 saturated heterocycles. The van der Waals surface area contributed by atoms with Gasteiger partial charge in [-0.15, -0.1) is 11.3 Å². The molecule has 0 spiro atoms. The number of aromatic nitrogens is 2. The molecule has 2 heterocycles. The van der Waals surface area contributed by atoms with Crippen molar-refractivity contribution in [1.82, 2.24) is 9.55 Å². The van der Waals surface area contributed by atoms with E-state index in [0.29, 0.717) is 12.4 Å². The second-order valence-corrected chi connectivity index (χ2v) is 8.35. The lowest BCUT2D eigenvalue weighted by molar-refractivity contribution is 0.692. The van der Waals surface area contributed by atoms with Crippen molar-refractivity contribution in [2.75, 3.05) is 5.32 Å². The topological polar surface area (TPSA) is 70.7 Å². The molecule has 1 aromatic carbocycles. The predicted octanol–water partition coefficient (Wildman–Crippen LogP) is 4.42. The fourth-order valence-corrected chi connectivity index (χ4v) is 5.18. The first-order chi connectivity index (χ1) is 13.7. The molecule has 5 nitrogen and oxygen atoms in total. The Morgan fingerprint density at radius 2 is 2.04 bits per heavy atom. The number of nitrogens with zero attached hydrogens (tertiary/aromatic N) is 3. The van der Waals surface area contributed by atoms with Crippen molar-refractivity contribution < 1.29 is 0 Å². The molecule has 0 radical (unpaired) electrons. The van der Waals surface area contributed by atoms with Crippen molar-refractivity contribution in [2.24, 2.45) is 0 Å². The van der Waals surface area contributed by atoms with E-state index in [2.05, 4.69) is 42.6 Å². The van der Waals surface area contributed by atoms with Crippen LogP contribution in [0.5, 0.6) is 0 Å². The minimum Gasteiger partial charge on any atom is -0.378 e. The third-order valence-electron chi connectivity index (χ3n) is 5.33. The number of thiophene rings is 1. The maximum atomic E-state index is 13.2. The Morgan fingerprint density at radius 3 is 2.79 bits per heavy atom. The van der Waals surface area contributed by atoms with Gasteiger partial charge in [-0.25, -0.2) is 4.98 Å². The summed E-state index contributed by atoms with van der Waals surface area (Å²) in [6.45, 7) is 2.62. The first-order valence-electron chi connectivity index (χ1n) is 9.95. The van der Waals surface area contributed by atoms with Gasteiger partial charge < -0.3 is 5.32 Å². The molecule has 0 aliphatic heterocycles. The molecule has 0 bridgehead atoms. The molecule has 1 N–H and O–H groups in total. The summed E-state index contributed by atoms with van der Waals surface area (Å²) in [6.07, 6.45) is 6.47. The first kappa shape index (κ1) is 18.7. The van der Waals surface area contributed by atoms with Gasteiger partial charge in [-0.2, -0.15) is 5.26 Å². The largest absolute Gasteiger partial charge is 0.378 e. The third kappa shape index (κ3) is 3.55. The molecule has 144 valence electrons. The molecule has 3 aromatic rings. The number of benzene rings is 1. The monoisotopic (exact) mass is 392 g/mol. The third-order valence-corrected chi connectivity index (χ3v) is 6.51. The zero-order valence-corrected chi connectivity index (χ0v) is 16.9. The second kappa shape index (κ2) is 8.15. The van der Waals surface area contributed by atoms with Crippen LogP contribution in [0.15, 0.2) is 29.1 Å². The van der Waals surface area contributed by atoms with Gasteiger partial charge in [0.25, 0.3) is 5.56 Å². The van der Waals surface area contributed by atoms with Crippen LogP contribution in [0.1, 0.15) is 48.0 Å². The van der Waals surface area contributed by atoms with Gasteiger partial charge in [-0.1, -0.05) is 25.5 Å². The van der Waals surface area contributed by atoms with Gasteiger partial charge in [0.2, 0.25) is 0 Å². The van der Waals surface area contributed by atoms with Gasteiger partial charge in [-0.3, -0.25) is 9.36 Å². The number of aryl methyl sites for hydroxylation is 3. The number of nitriles is 1. The minimum absolute atomic E-state index is 0.0266. The molecular formula is C22H24N4OS. The van der Waals surface area contributed by atoms with E-state index in [-0.39, 0.29) is 12.1 Å². The van der Waals surface area contributed by atoms with Crippen LogP contribution in [0.25, 0.3) is 10.2 Å². The average molecular weight is 393 g/mol. The van der Waals surface area contributed by atoms with E-state index in [9.17, 15) is 10.1 Å². The summed E-state index contributed by atoms with van der Waals surface area (Å²) in [5, 5.41) is 13.3. The van der Waals surface area contributed by atoms with Gasteiger partial charge in [0.1, 0.15) is 17.2 Å².